The second-order valence-corrected chi connectivity index (χ2v) is 5.07. The van der Waals surface area contributed by atoms with Gasteiger partial charge < -0.3 is 9.47 Å². The maximum atomic E-state index is 11.2. The lowest BCUT2D eigenvalue weighted by Gasteiger charge is -2.12. The highest BCUT2D eigenvalue weighted by atomic mass is 16.5. The molecule has 0 aliphatic carbocycles. The maximum absolute atomic E-state index is 11.2. The fourth-order valence-corrected chi connectivity index (χ4v) is 1.87. The normalized spacial score (nSPS) is 10.6. The van der Waals surface area contributed by atoms with Gasteiger partial charge in [0.15, 0.2) is 0 Å². The summed E-state index contributed by atoms with van der Waals surface area (Å²) in [6.07, 6.45) is 2.09. The Morgan fingerprint density at radius 1 is 1.26 bits per heavy atom. The Bertz CT molecular complexity index is 410. The number of hydrogen-bond donors (Lipinski definition) is 0. The van der Waals surface area contributed by atoms with Crippen LogP contribution in [0.4, 0.5) is 0 Å². The Morgan fingerprint density at radius 2 is 2.00 bits per heavy atom. The number of ether oxygens (including phenoxy) is 2. The highest BCUT2D eigenvalue weighted by Gasteiger charge is 2.07. The third kappa shape index (κ3) is 5.33. The van der Waals surface area contributed by atoms with Crippen molar-refractivity contribution in [2.45, 2.75) is 40.0 Å². The second kappa shape index (κ2) is 7.82. The van der Waals surface area contributed by atoms with Crippen LogP contribution in [-0.4, -0.2) is 19.7 Å². The third-order valence-corrected chi connectivity index (χ3v) is 2.97. The van der Waals surface area contributed by atoms with Gasteiger partial charge in [0.05, 0.1) is 13.7 Å². The molecule has 1 rings (SSSR count). The van der Waals surface area contributed by atoms with Gasteiger partial charge >= 0.3 is 5.97 Å². The van der Waals surface area contributed by atoms with E-state index in [1.807, 2.05) is 6.07 Å². The highest BCUT2D eigenvalue weighted by Crippen LogP contribution is 2.20. The van der Waals surface area contributed by atoms with E-state index in [1.54, 1.807) is 0 Å². The molecule has 0 radical (unpaired) electrons. The minimum atomic E-state index is -0.165. The Balaban J connectivity index is 2.70. The van der Waals surface area contributed by atoms with Crippen LogP contribution in [0.5, 0.6) is 5.75 Å². The van der Waals surface area contributed by atoms with Gasteiger partial charge in [-0.15, -0.1) is 0 Å². The Labute approximate surface area is 115 Å². The van der Waals surface area contributed by atoms with Gasteiger partial charge in [-0.05, 0) is 42.0 Å². The lowest BCUT2D eigenvalue weighted by molar-refractivity contribution is -0.140. The summed E-state index contributed by atoms with van der Waals surface area (Å²) in [5.41, 5.74) is 2.44. The first-order valence-electron chi connectivity index (χ1n) is 6.88. The van der Waals surface area contributed by atoms with Crippen molar-refractivity contribution >= 4 is 5.97 Å². The maximum Gasteiger partial charge on any atom is 0.305 e. The molecule has 0 heterocycles. The topological polar surface area (TPSA) is 35.5 Å². The van der Waals surface area contributed by atoms with E-state index in [4.69, 9.17) is 4.74 Å². The molecule has 0 amide bonds. The SMILES string of the molecule is CCc1cc(OCC(C)C)ccc1CCC(=O)OC. The third-order valence-electron chi connectivity index (χ3n) is 2.97. The molecule has 0 N–H and O–H groups in total. The fourth-order valence-electron chi connectivity index (χ4n) is 1.87. The van der Waals surface area contributed by atoms with E-state index < -0.39 is 0 Å². The number of hydrogen-bond acceptors (Lipinski definition) is 3. The van der Waals surface area contributed by atoms with E-state index in [0.717, 1.165) is 25.2 Å². The van der Waals surface area contributed by atoms with E-state index in [9.17, 15) is 4.79 Å². The minimum Gasteiger partial charge on any atom is -0.493 e. The second-order valence-electron chi connectivity index (χ2n) is 5.07. The molecule has 19 heavy (non-hydrogen) atoms. The van der Waals surface area contributed by atoms with Gasteiger partial charge in [-0.3, -0.25) is 4.79 Å². The summed E-state index contributed by atoms with van der Waals surface area (Å²) in [5.74, 6) is 1.26. The lowest BCUT2D eigenvalue weighted by atomic mass is 10.0. The summed E-state index contributed by atoms with van der Waals surface area (Å²) in [7, 11) is 1.42. The van der Waals surface area contributed by atoms with Crippen LogP contribution in [0, 0.1) is 5.92 Å². The molecule has 1 aromatic rings. The molecular formula is C16H24O3. The summed E-state index contributed by atoms with van der Waals surface area (Å²) >= 11 is 0. The number of carbonyl (C=O) groups is 1. The van der Waals surface area contributed by atoms with Crippen LogP contribution < -0.4 is 4.74 Å². The van der Waals surface area contributed by atoms with Crippen LogP contribution in [0.25, 0.3) is 0 Å². The molecule has 0 atom stereocenters. The molecule has 0 aromatic heterocycles. The van der Waals surface area contributed by atoms with E-state index in [-0.39, 0.29) is 5.97 Å². The van der Waals surface area contributed by atoms with E-state index in [2.05, 4.69) is 37.6 Å². The molecule has 3 heteroatoms. The van der Waals surface area contributed by atoms with Gasteiger partial charge in [0.2, 0.25) is 0 Å². The molecule has 0 aliphatic heterocycles. The van der Waals surface area contributed by atoms with E-state index in [0.29, 0.717) is 12.3 Å². The summed E-state index contributed by atoms with van der Waals surface area (Å²) in [6.45, 7) is 7.10. The van der Waals surface area contributed by atoms with E-state index in [1.165, 1.54) is 18.2 Å². The van der Waals surface area contributed by atoms with Crippen LogP contribution in [0.3, 0.4) is 0 Å². The van der Waals surface area contributed by atoms with Gasteiger partial charge in [-0.2, -0.15) is 0 Å². The molecule has 0 unspecified atom stereocenters. The summed E-state index contributed by atoms with van der Waals surface area (Å²) in [6, 6.07) is 6.11. The minimum absolute atomic E-state index is 0.165. The first kappa shape index (κ1) is 15.5. The summed E-state index contributed by atoms with van der Waals surface area (Å²) in [5, 5.41) is 0. The number of carbonyl (C=O) groups excluding carboxylic acids is 1. The van der Waals surface area contributed by atoms with Gasteiger partial charge in [-0.25, -0.2) is 0 Å². The standard InChI is InChI=1S/C16H24O3/c1-5-13-10-15(19-11-12(2)3)8-6-14(13)7-9-16(17)18-4/h6,8,10,12H,5,7,9,11H2,1-4H3. The first-order valence-corrected chi connectivity index (χ1v) is 6.88. The van der Waals surface area contributed by atoms with Crippen molar-refractivity contribution in [1.82, 2.24) is 0 Å². The van der Waals surface area contributed by atoms with Crippen molar-refractivity contribution in [2.24, 2.45) is 5.92 Å². The predicted octanol–water partition coefficient (Wildman–Crippen LogP) is 3.39. The van der Waals surface area contributed by atoms with Crippen LogP contribution >= 0.6 is 0 Å². The van der Waals surface area contributed by atoms with Crippen molar-refractivity contribution < 1.29 is 14.3 Å². The number of aryl methyl sites for hydroxylation is 2. The number of benzene rings is 1. The lowest BCUT2D eigenvalue weighted by Crippen LogP contribution is -2.06. The molecule has 0 bridgehead atoms. The Kier molecular flexibility index (Phi) is 6.40. The Hall–Kier alpha value is -1.51. The summed E-state index contributed by atoms with van der Waals surface area (Å²) in [4.78, 5) is 11.2. The molecular weight excluding hydrogens is 240 g/mol. The van der Waals surface area contributed by atoms with Gasteiger partial charge in [0, 0.05) is 6.42 Å². The fraction of sp³-hybridized carbons (Fsp3) is 0.562. The van der Waals surface area contributed by atoms with Crippen molar-refractivity contribution in [3.8, 4) is 5.75 Å². The average molecular weight is 264 g/mol. The average Bonchev–Trinajstić information content (AvgIpc) is 2.42. The molecule has 0 saturated carbocycles. The molecule has 0 spiro atoms. The smallest absolute Gasteiger partial charge is 0.305 e. The van der Waals surface area contributed by atoms with Gasteiger partial charge in [0.1, 0.15) is 5.75 Å². The Morgan fingerprint density at radius 3 is 2.58 bits per heavy atom. The predicted molar refractivity (Wildman–Crippen MR) is 76.5 cm³/mol. The first-order chi connectivity index (χ1) is 9.06. The highest BCUT2D eigenvalue weighted by molar-refractivity contribution is 5.69. The zero-order valence-corrected chi connectivity index (χ0v) is 12.4. The largest absolute Gasteiger partial charge is 0.493 e. The van der Waals surface area contributed by atoms with Gasteiger partial charge in [-0.1, -0.05) is 26.8 Å². The van der Waals surface area contributed by atoms with Crippen LogP contribution in [0.1, 0.15) is 38.3 Å². The zero-order chi connectivity index (χ0) is 14.3. The number of rotatable bonds is 7. The molecule has 106 valence electrons. The van der Waals surface area contributed by atoms with Gasteiger partial charge in [0.25, 0.3) is 0 Å². The van der Waals surface area contributed by atoms with Crippen molar-refractivity contribution in [1.29, 1.82) is 0 Å². The molecule has 1 aromatic carbocycles. The van der Waals surface area contributed by atoms with E-state index >= 15 is 0 Å². The van der Waals surface area contributed by atoms with Crippen LogP contribution in [-0.2, 0) is 22.4 Å². The monoisotopic (exact) mass is 264 g/mol. The molecule has 3 nitrogen and oxygen atoms in total. The van der Waals surface area contributed by atoms with Crippen molar-refractivity contribution in [3.05, 3.63) is 29.3 Å². The summed E-state index contributed by atoms with van der Waals surface area (Å²) < 4.78 is 10.4. The van der Waals surface area contributed by atoms with Crippen LogP contribution in [0.15, 0.2) is 18.2 Å². The molecule has 0 saturated heterocycles. The zero-order valence-electron chi connectivity index (χ0n) is 12.4. The van der Waals surface area contributed by atoms with Crippen molar-refractivity contribution in [2.75, 3.05) is 13.7 Å². The quantitative estimate of drug-likeness (QED) is 0.708. The van der Waals surface area contributed by atoms with Crippen molar-refractivity contribution in [3.63, 3.8) is 0 Å². The van der Waals surface area contributed by atoms with Crippen LogP contribution in [0.2, 0.25) is 0 Å². The molecule has 0 aliphatic rings. The number of esters is 1. The molecule has 0 fully saturated rings. The number of methoxy groups -OCH3 is 1.